The van der Waals surface area contributed by atoms with E-state index in [1.165, 1.54) is 0 Å². The van der Waals surface area contributed by atoms with Crippen LogP contribution in [0.5, 0.6) is 0 Å². The normalized spacial score (nSPS) is 16.9. The topological polar surface area (TPSA) is 129 Å². The molecular weight excluding hydrogens is 410 g/mol. The lowest BCUT2D eigenvalue weighted by molar-refractivity contribution is -0.115. The molecule has 3 heterocycles. The number of nitrogens with one attached hydrogen (secondary N) is 4. The molecule has 0 atom stereocenters. The number of anilines is 3. The Labute approximate surface area is 183 Å². The molecule has 2 fully saturated rings. The molecule has 2 aliphatic rings. The van der Waals surface area contributed by atoms with Crippen LogP contribution in [0, 0.1) is 0 Å². The molecule has 3 aromatic rings. The van der Waals surface area contributed by atoms with Crippen LogP contribution in [0.3, 0.4) is 0 Å². The summed E-state index contributed by atoms with van der Waals surface area (Å²) in [6.07, 6.45) is 5.31. The molecule has 1 aliphatic heterocycles. The Hall–Kier alpha value is -4.15. The maximum absolute atomic E-state index is 11.9. The van der Waals surface area contributed by atoms with Crippen LogP contribution < -0.4 is 26.2 Å². The predicted octanol–water partition coefficient (Wildman–Crippen LogP) is 1.56. The molecule has 5 rings (SSSR count). The van der Waals surface area contributed by atoms with Crippen LogP contribution in [0.25, 0.3) is 11.7 Å². The molecule has 11 nitrogen and oxygen atoms in total. The lowest BCUT2D eigenvalue weighted by Gasteiger charge is -2.13. The molecular formula is C21H23N9O2. The van der Waals surface area contributed by atoms with E-state index in [9.17, 15) is 9.59 Å². The van der Waals surface area contributed by atoms with Gasteiger partial charge in [0.1, 0.15) is 5.70 Å². The minimum atomic E-state index is -0.550. The Balaban J connectivity index is 1.44. The number of fused-ring (bicyclic) bond motifs is 1. The van der Waals surface area contributed by atoms with Gasteiger partial charge in [-0.15, -0.1) is 0 Å². The van der Waals surface area contributed by atoms with Crippen LogP contribution >= 0.6 is 0 Å². The van der Waals surface area contributed by atoms with Crippen LogP contribution in [-0.2, 0) is 11.3 Å². The maximum atomic E-state index is 11.9. The molecule has 1 aliphatic carbocycles. The van der Waals surface area contributed by atoms with Crippen molar-refractivity contribution in [1.29, 1.82) is 0 Å². The number of carbonyl (C=O) groups is 2. The van der Waals surface area contributed by atoms with Gasteiger partial charge in [-0.25, -0.2) is 4.79 Å². The summed E-state index contributed by atoms with van der Waals surface area (Å²) in [4.78, 5) is 34.6. The first-order chi connectivity index (χ1) is 15.5. The van der Waals surface area contributed by atoms with Crippen LogP contribution in [0.1, 0.15) is 24.0 Å². The summed E-state index contributed by atoms with van der Waals surface area (Å²) in [5.74, 6) is 0.532. The molecule has 0 radical (unpaired) electrons. The van der Waals surface area contributed by atoms with Crippen molar-refractivity contribution in [3.63, 3.8) is 0 Å². The summed E-state index contributed by atoms with van der Waals surface area (Å²) in [7, 11) is 4.01. The van der Waals surface area contributed by atoms with Gasteiger partial charge in [0, 0.05) is 37.9 Å². The van der Waals surface area contributed by atoms with Gasteiger partial charge in [0.2, 0.25) is 11.9 Å². The number of amides is 3. The third kappa shape index (κ3) is 4.04. The Morgan fingerprint density at radius 3 is 2.59 bits per heavy atom. The van der Waals surface area contributed by atoms with Gasteiger partial charge in [-0.05, 0) is 36.6 Å². The van der Waals surface area contributed by atoms with Crippen molar-refractivity contribution < 1.29 is 9.59 Å². The van der Waals surface area contributed by atoms with E-state index in [2.05, 4.69) is 60.6 Å². The summed E-state index contributed by atoms with van der Waals surface area (Å²) in [6, 6.07) is 8.05. The molecule has 164 valence electrons. The SMILES string of the molecule is CN(C)c1ccc(CNc2nc(NC3CC3)n3ncc(/C=C4\NC(=O)NC4=O)c3n2)cc1. The highest BCUT2D eigenvalue weighted by Crippen LogP contribution is 2.26. The maximum Gasteiger partial charge on any atom is 0.326 e. The van der Waals surface area contributed by atoms with E-state index in [0.29, 0.717) is 35.7 Å². The zero-order valence-corrected chi connectivity index (χ0v) is 17.7. The second kappa shape index (κ2) is 7.84. The van der Waals surface area contributed by atoms with E-state index in [1.807, 2.05) is 19.0 Å². The number of aromatic nitrogens is 4. The molecule has 11 heteroatoms. The van der Waals surface area contributed by atoms with Gasteiger partial charge in [0.15, 0.2) is 5.65 Å². The molecule has 2 aromatic heterocycles. The fourth-order valence-electron chi connectivity index (χ4n) is 3.31. The van der Waals surface area contributed by atoms with E-state index in [0.717, 1.165) is 24.1 Å². The number of urea groups is 1. The minimum Gasteiger partial charge on any atom is -0.378 e. The fraction of sp³-hybridized carbons (Fsp3) is 0.286. The molecule has 0 spiro atoms. The van der Waals surface area contributed by atoms with Crippen LogP contribution in [0.2, 0.25) is 0 Å². The van der Waals surface area contributed by atoms with Crippen molar-refractivity contribution in [2.75, 3.05) is 29.6 Å². The molecule has 1 saturated heterocycles. The molecule has 0 bridgehead atoms. The van der Waals surface area contributed by atoms with E-state index < -0.39 is 11.9 Å². The third-order valence-electron chi connectivity index (χ3n) is 5.23. The van der Waals surface area contributed by atoms with Gasteiger partial charge in [0.05, 0.1) is 6.20 Å². The molecule has 1 aromatic carbocycles. The van der Waals surface area contributed by atoms with Crippen molar-refractivity contribution in [1.82, 2.24) is 30.2 Å². The Morgan fingerprint density at radius 2 is 1.94 bits per heavy atom. The van der Waals surface area contributed by atoms with Crippen molar-refractivity contribution in [2.24, 2.45) is 0 Å². The van der Waals surface area contributed by atoms with Crippen molar-refractivity contribution in [2.45, 2.75) is 25.4 Å². The zero-order valence-electron chi connectivity index (χ0n) is 17.7. The minimum absolute atomic E-state index is 0.149. The van der Waals surface area contributed by atoms with Gasteiger partial charge in [0.25, 0.3) is 5.91 Å². The standard InChI is InChI=1S/C21H23N9O2/c1-29(2)15-7-3-12(4-8-15)10-22-19-26-17-13(9-16-18(31)27-21(32)25-16)11-23-30(17)20(28-19)24-14-5-6-14/h3-4,7-9,11,14H,5-6,10H2,1-2H3,(H2,22,24,26,28)(H2,25,27,31,32)/b16-9-. The van der Waals surface area contributed by atoms with Gasteiger partial charge < -0.3 is 20.9 Å². The molecule has 32 heavy (non-hydrogen) atoms. The number of hydrogen-bond acceptors (Lipinski definition) is 8. The highest BCUT2D eigenvalue weighted by molar-refractivity contribution is 6.14. The predicted molar refractivity (Wildman–Crippen MR) is 120 cm³/mol. The first-order valence-electron chi connectivity index (χ1n) is 10.3. The molecule has 0 unspecified atom stereocenters. The average Bonchev–Trinajstić information content (AvgIpc) is 3.41. The Kier molecular flexibility index (Phi) is 4.85. The van der Waals surface area contributed by atoms with E-state index >= 15 is 0 Å². The highest BCUT2D eigenvalue weighted by Gasteiger charge is 2.25. The first-order valence-corrected chi connectivity index (χ1v) is 10.3. The van der Waals surface area contributed by atoms with Crippen LogP contribution in [0.4, 0.5) is 22.4 Å². The monoisotopic (exact) mass is 433 g/mol. The van der Waals surface area contributed by atoms with E-state index in [1.54, 1.807) is 16.8 Å². The summed E-state index contributed by atoms with van der Waals surface area (Å²) in [6.45, 7) is 0.551. The fourth-order valence-corrected chi connectivity index (χ4v) is 3.31. The van der Waals surface area contributed by atoms with Crippen LogP contribution in [0.15, 0.2) is 36.2 Å². The molecule has 1 saturated carbocycles. The van der Waals surface area contributed by atoms with E-state index in [-0.39, 0.29) is 5.70 Å². The van der Waals surface area contributed by atoms with Crippen molar-refractivity contribution in [3.8, 4) is 0 Å². The third-order valence-corrected chi connectivity index (χ3v) is 5.23. The Bertz CT molecular complexity index is 1230. The Morgan fingerprint density at radius 1 is 1.16 bits per heavy atom. The van der Waals surface area contributed by atoms with Gasteiger partial charge >= 0.3 is 6.03 Å². The van der Waals surface area contributed by atoms with Crippen LogP contribution in [-0.4, -0.2) is 51.7 Å². The second-order valence-corrected chi connectivity index (χ2v) is 8.01. The quantitative estimate of drug-likeness (QED) is 0.326. The number of imide groups is 1. The van der Waals surface area contributed by atoms with Gasteiger partial charge in [-0.1, -0.05) is 12.1 Å². The number of hydrogen-bond donors (Lipinski definition) is 4. The second-order valence-electron chi connectivity index (χ2n) is 8.01. The van der Waals surface area contributed by atoms with Crippen molar-refractivity contribution >= 4 is 41.2 Å². The van der Waals surface area contributed by atoms with Gasteiger partial charge in [-0.2, -0.15) is 19.6 Å². The van der Waals surface area contributed by atoms with Crippen molar-refractivity contribution in [3.05, 3.63) is 47.3 Å². The lowest BCUT2D eigenvalue weighted by Crippen LogP contribution is -2.22. The summed E-state index contributed by atoms with van der Waals surface area (Å²) in [5.41, 5.74) is 3.49. The van der Waals surface area contributed by atoms with Gasteiger partial charge in [-0.3, -0.25) is 10.1 Å². The number of rotatable bonds is 7. The average molecular weight is 433 g/mol. The van der Waals surface area contributed by atoms with E-state index in [4.69, 9.17) is 0 Å². The summed E-state index contributed by atoms with van der Waals surface area (Å²) < 4.78 is 1.61. The number of nitrogens with zero attached hydrogens (tertiary/aromatic N) is 5. The molecule has 3 amide bonds. The summed E-state index contributed by atoms with van der Waals surface area (Å²) in [5, 5.41) is 15.7. The number of benzene rings is 1. The lowest BCUT2D eigenvalue weighted by atomic mass is 10.2. The zero-order chi connectivity index (χ0) is 22.2. The smallest absolute Gasteiger partial charge is 0.326 e. The first kappa shape index (κ1) is 19.8. The summed E-state index contributed by atoms with van der Waals surface area (Å²) >= 11 is 0. The number of carbonyl (C=O) groups excluding carboxylic acids is 2. The largest absolute Gasteiger partial charge is 0.378 e. The highest BCUT2D eigenvalue weighted by atomic mass is 16.2. The molecule has 4 N–H and O–H groups in total.